The maximum Gasteiger partial charge on any atom is 0.218 e. The van der Waals surface area contributed by atoms with E-state index in [2.05, 4.69) is 41.7 Å². The summed E-state index contributed by atoms with van der Waals surface area (Å²) in [4.78, 5) is 4.41. The predicted molar refractivity (Wildman–Crippen MR) is 85.6 cm³/mol. The van der Waals surface area contributed by atoms with Gasteiger partial charge < -0.3 is 10.5 Å². The van der Waals surface area contributed by atoms with Gasteiger partial charge in [-0.25, -0.2) is 4.98 Å². The Hall–Kier alpha value is -0.610. The van der Waals surface area contributed by atoms with Crippen LogP contribution in [0.3, 0.4) is 0 Å². The van der Waals surface area contributed by atoms with Gasteiger partial charge >= 0.3 is 0 Å². The summed E-state index contributed by atoms with van der Waals surface area (Å²) in [7, 11) is 0. The van der Waals surface area contributed by atoms with Crippen molar-refractivity contribution >= 4 is 15.9 Å². The lowest BCUT2D eigenvalue weighted by molar-refractivity contribution is 0.0419. The Kier molecular flexibility index (Phi) is 5.44. The lowest BCUT2D eigenvalue weighted by Gasteiger charge is -2.37. The minimum absolute atomic E-state index is 0.262. The van der Waals surface area contributed by atoms with Gasteiger partial charge in [-0.3, -0.25) is 0 Å². The van der Waals surface area contributed by atoms with Gasteiger partial charge in [-0.2, -0.15) is 0 Å². The summed E-state index contributed by atoms with van der Waals surface area (Å²) in [5.41, 5.74) is 6.78. The maximum atomic E-state index is 6.26. The molecular weight excluding hydrogens is 316 g/mol. The normalized spacial score (nSPS) is 26.8. The monoisotopic (exact) mass is 340 g/mol. The molecule has 20 heavy (non-hydrogen) atoms. The van der Waals surface area contributed by atoms with E-state index in [1.54, 1.807) is 6.20 Å². The van der Waals surface area contributed by atoms with E-state index in [1.165, 1.54) is 12.8 Å². The Bertz CT molecular complexity index is 450. The second kappa shape index (κ2) is 6.90. The zero-order valence-electron chi connectivity index (χ0n) is 12.6. The Labute approximate surface area is 130 Å². The molecule has 1 aromatic heterocycles. The lowest BCUT2D eigenvalue weighted by Crippen LogP contribution is -2.36. The van der Waals surface area contributed by atoms with Crippen molar-refractivity contribution in [2.24, 2.45) is 23.5 Å². The first-order chi connectivity index (χ1) is 9.51. The summed E-state index contributed by atoms with van der Waals surface area (Å²) in [6.07, 6.45) is 5.71. The van der Waals surface area contributed by atoms with Gasteiger partial charge in [0.1, 0.15) is 6.10 Å². The first kappa shape index (κ1) is 15.8. The molecule has 1 fully saturated rings. The zero-order chi connectivity index (χ0) is 14.7. The number of halogens is 1. The minimum atomic E-state index is 0.262. The van der Waals surface area contributed by atoms with E-state index in [-0.39, 0.29) is 6.10 Å². The van der Waals surface area contributed by atoms with E-state index >= 15 is 0 Å². The Morgan fingerprint density at radius 1 is 1.45 bits per heavy atom. The Morgan fingerprint density at radius 3 is 2.85 bits per heavy atom. The third-order valence-corrected chi connectivity index (χ3v) is 4.77. The molecule has 1 aliphatic rings. The number of pyridine rings is 1. The van der Waals surface area contributed by atoms with Crippen LogP contribution in [0.5, 0.6) is 5.88 Å². The molecule has 0 aromatic carbocycles. The Morgan fingerprint density at radius 2 is 2.20 bits per heavy atom. The fraction of sp³-hybridized carbons (Fsp3) is 0.688. The maximum absolute atomic E-state index is 6.26. The molecule has 3 atom stereocenters. The molecule has 1 heterocycles. The van der Waals surface area contributed by atoms with Gasteiger partial charge in [0.25, 0.3) is 0 Å². The van der Waals surface area contributed by atoms with Crippen molar-refractivity contribution in [1.82, 2.24) is 4.98 Å². The largest absolute Gasteiger partial charge is 0.474 e. The molecule has 3 unspecified atom stereocenters. The van der Waals surface area contributed by atoms with Crippen LogP contribution < -0.4 is 10.5 Å². The van der Waals surface area contributed by atoms with E-state index in [0.717, 1.165) is 22.4 Å². The van der Waals surface area contributed by atoms with E-state index in [4.69, 9.17) is 10.5 Å². The van der Waals surface area contributed by atoms with Crippen molar-refractivity contribution in [1.29, 1.82) is 0 Å². The third kappa shape index (κ3) is 3.73. The number of hydrogen-bond donors (Lipinski definition) is 1. The first-order valence-corrected chi connectivity index (χ1v) is 8.31. The van der Waals surface area contributed by atoms with E-state index in [9.17, 15) is 0 Å². The summed E-state index contributed by atoms with van der Waals surface area (Å²) in [6.45, 7) is 7.34. The van der Waals surface area contributed by atoms with Crippen molar-refractivity contribution in [2.75, 3.05) is 0 Å². The molecule has 0 amide bonds. The van der Waals surface area contributed by atoms with E-state index in [1.807, 2.05) is 6.07 Å². The summed E-state index contributed by atoms with van der Waals surface area (Å²) >= 11 is 3.43. The van der Waals surface area contributed by atoms with E-state index < -0.39 is 0 Å². The third-order valence-electron chi connectivity index (χ3n) is 4.34. The summed E-state index contributed by atoms with van der Waals surface area (Å²) in [6, 6.07) is 2.00. The number of ether oxygens (including phenoxy) is 1. The van der Waals surface area contributed by atoms with Crippen LogP contribution in [0.4, 0.5) is 0 Å². The van der Waals surface area contributed by atoms with Gasteiger partial charge in [-0.15, -0.1) is 0 Å². The molecular formula is C16H25BrN2O. The number of nitrogens with two attached hydrogens (primary N) is 1. The average molecular weight is 341 g/mol. The highest BCUT2D eigenvalue weighted by atomic mass is 79.9. The second-order valence-corrected chi connectivity index (χ2v) is 7.22. The number of rotatable bonds is 4. The quantitative estimate of drug-likeness (QED) is 0.895. The van der Waals surface area contributed by atoms with Crippen LogP contribution >= 0.6 is 15.9 Å². The van der Waals surface area contributed by atoms with Gasteiger partial charge in [0.05, 0.1) is 0 Å². The summed E-state index contributed by atoms with van der Waals surface area (Å²) in [5.74, 6) is 2.69. The predicted octanol–water partition coefficient (Wildman–Crippen LogP) is 4.14. The topological polar surface area (TPSA) is 48.1 Å². The highest BCUT2D eigenvalue weighted by molar-refractivity contribution is 9.10. The van der Waals surface area contributed by atoms with Gasteiger partial charge in [0, 0.05) is 22.8 Å². The first-order valence-electron chi connectivity index (χ1n) is 7.52. The highest BCUT2D eigenvalue weighted by Crippen LogP contribution is 2.36. The molecule has 0 saturated heterocycles. The zero-order valence-corrected chi connectivity index (χ0v) is 14.2. The van der Waals surface area contributed by atoms with Crippen LogP contribution in [-0.4, -0.2) is 11.1 Å². The Balaban J connectivity index is 2.17. The fourth-order valence-corrected chi connectivity index (χ4v) is 3.49. The van der Waals surface area contributed by atoms with Crippen LogP contribution in [-0.2, 0) is 6.54 Å². The van der Waals surface area contributed by atoms with Crippen LogP contribution in [0.25, 0.3) is 0 Å². The molecule has 1 aromatic rings. The van der Waals surface area contributed by atoms with Crippen LogP contribution in [0.1, 0.15) is 45.6 Å². The number of aromatic nitrogens is 1. The summed E-state index contributed by atoms with van der Waals surface area (Å²) < 4.78 is 7.21. The van der Waals surface area contributed by atoms with Crippen LogP contribution in [0.2, 0.25) is 0 Å². The average Bonchev–Trinajstić information content (AvgIpc) is 2.40. The highest BCUT2D eigenvalue weighted by Gasteiger charge is 2.32. The van der Waals surface area contributed by atoms with Crippen molar-refractivity contribution in [2.45, 2.75) is 52.7 Å². The van der Waals surface area contributed by atoms with Gasteiger partial charge in [0.15, 0.2) is 0 Å². The molecule has 0 spiro atoms. The van der Waals surface area contributed by atoms with Crippen LogP contribution in [0.15, 0.2) is 16.7 Å². The number of hydrogen-bond acceptors (Lipinski definition) is 3. The number of nitrogens with zero attached hydrogens (tertiary/aromatic N) is 1. The van der Waals surface area contributed by atoms with Gasteiger partial charge in [0.2, 0.25) is 5.88 Å². The molecule has 0 aliphatic heterocycles. The molecule has 4 heteroatoms. The standard InChI is InChI=1S/C16H25BrN2O/c1-10(2)14-5-4-11(3)6-15(14)20-16-12(8-18)7-13(17)9-19-16/h7,9-11,14-15H,4-6,8,18H2,1-3H3. The molecule has 0 radical (unpaired) electrons. The van der Waals surface area contributed by atoms with Crippen molar-refractivity contribution in [3.8, 4) is 5.88 Å². The fourth-order valence-electron chi connectivity index (χ4n) is 3.11. The minimum Gasteiger partial charge on any atom is -0.474 e. The summed E-state index contributed by atoms with van der Waals surface area (Å²) in [5, 5.41) is 0. The second-order valence-electron chi connectivity index (χ2n) is 6.30. The molecule has 0 bridgehead atoms. The molecule has 1 saturated carbocycles. The van der Waals surface area contributed by atoms with Crippen molar-refractivity contribution in [3.05, 3.63) is 22.3 Å². The SMILES string of the molecule is CC1CCC(C(C)C)C(Oc2ncc(Br)cc2CN)C1. The van der Waals surface area contributed by atoms with Crippen LogP contribution in [0, 0.1) is 17.8 Å². The van der Waals surface area contributed by atoms with Gasteiger partial charge in [-0.1, -0.05) is 27.2 Å². The lowest BCUT2D eigenvalue weighted by atomic mass is 9.75. The smallest absolute Gasteiger partial charge is 0.218 e. The van der Waals surface area contributed by atoms with Gasteiger partial charge in [-0.05, 0) is 52.6 Å². The molecule has 2 rings (SSSR count). The molecule has 112 valence electrons. The molecule has 3 nitrogen and oxygen atoms in total. The van der Waals surface area contributed by atoms with Crippen molar-refractivity contribution in [3.63, 3.8) is 0 Å². The van der Waals surface area contributed by atoms with E-state index in [0.29, 0.717) is 24.3 Å². The van der Waals surface area contributed by atoms with Crippen molar-refractivity contribution < 1.29 is 4.74 Å². The molecule has 1 aliphatic carbocycles. The molecule has 2 N–H and O–H groups in total.